The molecule has 0 spiro atoms. The number of imidazole rings is 1. The standard InChI is InChI=1S/C16H12BN3/c1-10-3-15-16(4-11(10)2)20(9-19-15)14-6-12(8-18)5-13(17)7-14/h3-7,9H,1-2H3. The topological polar surface area (TPSA) is 41.6 Å². The Labute approximate surface area is 118 Å². The van der Waals surface area contributed by atoms with Crippen molar-refractivity contribution in [3.8, 4) is 11.8 Å². The summed E-state index contributed by atoms with van der Waals surface area (Å²) < 4.78 is 1.96. The summed E-state index contributed by atoms with van der Waals surface area (Å²) in [6, 6.07) is 11.6. The average molecular weight is 257 g/mol. The molecule has 94 valence electrons. The fraction of sp³-hybridized carbons (Fsp3) is 0.125. The molecule has 4 heteroatoms. The summed E-state index contributed by atoms with van der Waals surface area (Å²) in [7, 11) is 5.85. The Bertz CT molecular complexity index is 856. The van der Waals surface area contributed by atoms with E-state index in [0.717, 1.165) is 16.7 Å². The number of rotatable bonds is 1. The van der Waals surface area contributed by atoms with E-state index in [1.165, 1.54) is 11.1 Å². The second kappa shape index (κ2) is 4.54. The van der Waals surface area contributed by atoms with Gasteiger partial charge in [0, 0.05) is 5.69 Å². The molecule has 3 aromatic rings. The van der Waals surface area contributed by atoms with Crippen LogP contribution in [-0.2, 0) is 0 Å². The normalized spacial score (nSPS) is 10.7. The van der Waals surface area contributed by atoms with E-state index < -0.39 is 0 Å². The van der Waals surface area contributed by atoms with Gasteiger partial charge >= 0.3 is 0 Å². The first kappa shape index (κ1) is 12.5. The number of fused-ring (bicyclic) bond motifs is 1. The van der Waals surface area contributed by atoms with Crippen LogP contribution in [0.4, 0.5) is 0 Å². The van der Waals surface area contributed by atoms with E-state index in [2.05, 4.69) is 37.0 Å². The fourth-order valence-electron chi connectivity index (χ4n) is 2.31. The molecular weight excluding hydrogens is 245 g/mol. The van der Waals surface area contributed by atoms with Crippen LogP contribution in [0.2, 0.25) is 0 Å². The van der Waals surface area contributed by atoms with Crippen molar-refractivity contribution in [2.45, 2.75) is 13.8 Å². The lowest BCUT2D eigenvalue weighted by atomic mass is 9.94. The van der Waals surface area contributed by atoms with Crippen LogP contribution in [0.25, 0.3) is 16.7 Å². The predicted octanol–water partition coefficient (Wildman–Crippen LogP) is 2.31. The molecule has 20 heavy (non-hydrogen) atoms. The van der Waals surface area contributed by atoms with Gasteiger partial charge in [0.2, 0.25) is 0 Å². The first-order valence-corrected chi connectivity index (χ1v) is 6.34. The highest BCUT2D eigenvalue weighted by molar-refractivity contribution is 6.32. The van der Waals surface area contributed by atoms with Crippen molar-refractivity contribution in [2.75, 3.05) is 0 Å². The third-order valence-electron chi connectivity index (χ3n) is 3.51. The molecule has 2 aromatic carbocycles. The largest absolute Gasteiger partial charge is 0.299 e. The predicted molar refractivity (Wildman–Crippen MR) is 80.6 cm³/mol. The van der Waals surface area contributed by atoms with E-state index in [1.807, 2.05) is 16.7 Å². The zero-order valence-electron chi connectivity index (χ0n) is 11.4. The molecule has 0 aliphatic carbocycles. The molecule has 2 radical (unpaired) electrons. The zero-order valence-corrected chi connectivity index (χ0v) is 11.4. The van der Waals surface area contributed by atoms with E-state index >= 15 is 0 Å². The lowest BCUT2D eigenvalue weighted by Crippen LogP contribution is -2.06. The van der Waals surface area contributed by atoms with Gasteiger partial charge in [0.1, 0.15) is 14.2 Å². The minimum absolute atomic E-state index is 0.547. The van der Waals surface area contributed by atoms with Gasteiger partial charge in [-0.15, -0.1) is 0 Å². The maximum atomic E-state index is 9.05. The summed E-state index contributed by atoms with van der Waals surface area (Å²) in [5, 5.41) is 9.05. The van der Waals surface area contributed by atoms with Crippen molar-refractivity contribution in [3.63, 3.8) is 0 Å². The summed E-state index contributed by atoms with van der Waals surface area (Å²) in [4.78, 5) is 4.42. The molecule has 0 atom stereocenters. The number of nitriles is 1. The molecule has 0 N–H and O–H groups in total. The quantitative estimate of drug-likeness (QED) is 0.628. The Morgan fingerprint density at radius 3 is 2.60 bits per heavy atom. The maximum Gasteiger partial charge on any atom is 0.113 e. The minimum atomic E-state index is 0.547. The first-order chi connectivity index (χ1) is 9.58. The van der Waals surface area contributed by atoms with Crippen molar-refractivity contribution in [1.82, 2.24) is 9.55 Å². The maximum absolute atomic E-state index is 9.05. The molecular formula is C16H12BN3. The van der Waals surface area contributed by atoms with Gasteiger partial charge in [-0.25, -0.2) is 4.98 Å². The second-order valence-electron chi connectivity index (χ2n) is 4.96. The van der Waals surface area contributed by atoms with Crippen molar-refractivity contribution in [1.29, 1.82) is 5.26 Å². The van der Waals surface area contributed by atoms with Gasteiger partial charge in [-0.1, -0.05) is 11.5 Å². The summed E-state index contributed by atoms with van der Waals surface area (Å²) in [6.07, 6.45) is 1.76. The van der Waals surface area contributed by atoms with Crippen LogP contribution in [-0.4, -0.2) is 17.4 Å². The minimum Gasteiger partial charge on any atom is -0.299 e. The average Bonchev–Trinajstić information content (AvgIpc) is 2.81. The van der Waals surface area contributed by atoms with E-state index in [1.54, 1.807) is 12.4 Å². The van der Waals surface area contributed by atoms with E-state index in [0.29, 0.717) is 11.0 Å². The van der Waals surface area contributed by atoms with Crippen LogP contribution in [0.15, 0.2) is 36.7 Å². The lowest BCUT2D eigenvalue weighted by Gasteiger charge is -2.08. The van der Waals surface area contributed by atoms with Crippen molar-refractivity contribution < 1.29 is 0 Å². The number of nitrogens with zero attached hydrogens (tertiary/aromatic N) is 3. The zero-order chi connectivity index (χ0) is 14.3. The van der Waals surface area contributed by atoms with Gasteiger partial charge in [0.25, 0.3) is 0 Å². The Kier molecular flexibility index (Phi) is 2.83. The van der Waals surface area contributed by atoms with Crippen LogP contribution in [0.5, 0.6) is 0 Å². The van der Waals surface area contributed by atoms with Gasteiger partial charge in [0.05, 0.1) is 22.7 Å². The molecule has 0 amide bonds. The first-order valence-electron chi connectivity index (χ1n) is 6.34. The molecule has 3 nitrogen and oxygen atoms in total. The van der Waals surface area contributed by atoms with E-state index in [4.69, 9.17) is 13.1 Å². The van der Waals surface area contributed by atoms with E-state index in [-0.39, 0.29) is 0 Å². The molecule has 0 aliphatic heterocycles. The Morgan fingerprint density at radius 1 is 1.10 bits per heavy atom. The Morgan fingerprint density at radius 2 is 1.85 bits per heavy atom. The molecule has 3 rings (SSSR count). The third-order valence-corrected chi connectivity index (χ3v) is 3.51. The highest BCUT2D eigenvalue weighted by Crippen LogP contribution is 2.21. The van der Waals surface area contributed by atoms with Crippen molar-refractivity contribution in [3.05, 3.63) is 53.3 Å². The molecule has 0 bridgehead atoms. The Hall–Kier alpha value is -2.54. The van der Waals surface area contributed by atoms with Gasteiger partial charge in [-0.3, -0.25) is 4.57 Å². The van der Waals surface area contributed by atoms with Gasteiger partial charge in [-0.05, 0) is 49.2 Å². The van der Waals surface area contributed by atoms with Crippen LogP contribution in [0, 0.1) is 25.2 Å². The molecule has 1 heterocycles. The highest BCUT2D eigenvalue weighted by Gasteiger charge is 2.08. The van der Waals surface area contributed by atoms with Gasteiger partial charge < -0.3 is 0 Å². The molecule has 0 fully saturated rings. The molecule has 1 aromatic heterocycles. The number of hydrogen-bond acceptors (Lipinski definition) is 2. The molecule has 0 saturated carbocycles. The smallest absolute Gasteiger partial charge is 0.113 e. The fourth-order valence-corrected chi connectivity index (χ4v) is 2.31. The van der Waals surface area contributed by atoms with Crippen LogP contribution in [0.3, 0.4) is 0 Å². The van der Waals surface area contributed by atoms with Crippen LogP contribution < -0.4 is 5.46 Å². The Balaban J connectivity index is 2.28. The summed E-state index contributed by atoms with van der Waals surface area (Å²) in [5.41, 5.74) is 6.36. The molecule has 0 saturated heterocycles. The molecule has 0 unspecified atom stereocenters. The number of aromatic nitrogens is 2. The van der Waals surface area contributed by atoms with Crippen LogP contribution >= 0.6 is 0 Å². The number of benzene rings is 2. The summed E-state index contributed by atoms with van der Waals surface area (Å²) in [6.45, 7) is 4.15. The monoisotopic (exact) mass is 257 g/mol. The SMILES string of the molecule is [B]c1cc(C#N)cc(-n2cnc3cc(C)c(C)cc32)c1. The second-order valence-corrected chi connectivity index (χ2v) is 4.96. The van der Waals surface area contributed by atoms with Crippen molar-refractivity contribution >= 4 is 24.3 Å². The summed E-state index contributed by atoms with van der Waals surface area (Å²) in [5.74, 6) is 0. The highest BCUT2D eigenvalue weighted by atomic mass is 15.0. The number of hydrogen-bond donors (Lipinski definition) is 0. The number of aryl methyl sites for hydroxylation is 2. The van der Waals surface area contributed by atoms with Gasteiger partial charge in [0.15, 0.2) is 0 Å². The summed E-state index contributed by atoms with van der Waals surface area (Å²) >= 11 is 0. The van der Waals surface area contributed by atoms with Crippen molar-refractivity contribution in [2.24, 2.45) is 0 Å². The third kappa shape index (κ3) is 1.98. The van der Waals surface area contributed by atoms with E-state index in [9.17, 15) is 0 Å². The van der Waals surface area contributed by atoms with Crippen LogP contribution in [0.1, 0.15) is 16.7 Å². The van der Waals surface area contributed by atoms with Gasteiger partial charge in [-0.2, -0.15) is 5.26 Å². The lowest BCUT2D eigenvalue weighted by molar-refractivity contribution is 1.09. The molecule has 0 aliphatic rings.